The first-order chi connectivity index (χ1) is 14.4. The van der Waals surface area contributed by atoms with Crippen LogP contribution in [0, 0.1) is 0 Å². The van der Waals surface area contributed by atoms with E-state index in [9.17, 15) is 9.18 Å². The van der Waals surface area contributed by atoms with Gasteiger partial charge in [0, 0.05) is 23.7 Å². The van der Waals surface area contributed by atoms with Crippen LogP contribution < -0.4 is 20.1 Å². The fourth-order valence-electron chi connectivity index (χ4n) is 3.22. The number of fused-ring (bicyclic) bond motifs is 1. The predicted molar refractivity (Wildman–Crippen MR) is 115 cm³/mol. The Morgan fingerprint density at radius 1 is 1.20 bits per heavy atom. The Bertz CT molecular complexity index is 999. The summed E-state index contributed by atoms with van der Waals surface area (Å²) in [4.78, 5) is 21.3. The Kier molecular flexibility index (Phi) is 6.73. The van der Waals surface area contributed by atoms with E-state index < -0.39 is 12.2 Å². The number of anilines is 1. The van der Waals surface area contributed by atoms with Crippen LogP contribution in [0.2, 0.25) is 0 Å². The Morgan fingerprint density at radius 3 is 2.53 bits per heavy atom. The van der Waals surface area contributed by atoms with E-state index in [-0.39, 0.29) is 13.1 Å². The number of alkyl halides is 1. The second-order valence-corrected chi connectivity index (χ2v) is 7.03. The molecule has 160 valence electrons. The molecule has 2 heterocycles. The minimum atomic E-state index is -1.15. The molecule has 0 aliphatic carbocycles. The van der Waals surface area contributed by atoms with Crippen LogP contribution in [-0.2, 0) is 0 Å². The average Bonchev–Trinajstić information content (AvgIpc) is 3.13. The van der Waals surface area contributed by atoms with Crippen LogP contribution >= 0.6 is 0 Å². The molecule has 0 spiro atoms. The van der Waals surface area contributed by atoms with Gasteiger partial charge in [-0.3, -0.25) is 5.32 Å². The molecule has 0 aliphatic heterocycles. The molecule has 0 bridgehead atoms. The fraction of sp³-hybridized carbons (Fsp3) is 0.333. The number of aromatic amines is 1. The number of hydrogen-bond acceptors (Lipinski definition) is 5. The van der Waals surface area contributed by atoms with Crippen molar-refractivity contribution in [2.24, 2.45) is 0 Å². The minimum Gasteiger partial charge on any atom is -0.496 e. The van der Waals surface area contributed by atoms with Crippen molar-refractivity contribution in [1.82, 2.24) is 20.2 Å². The van der Waals surface area contributed by atoms with Crippen LogP contribution in [-0.4, -0.2) is 68.5 Å². The average molecular weight is 415 g/mol. The first-order valence-electron chi connectivity index (χ1n) is 9.46. The second kappa shape index (κ2) is 9.45. The van der Waals surface area contributed by atoms with E-state index in [2.05, 4.69) is 20.6 Å². The molecule has 30 heavy (non-hydrogen) atoms. The Morgan fingerprint density at radius 2 is 1.90 bits per heavy atom. The maximum absolute atomic E-state index is 13.7. The topological polar surface area (TPSA) is 91.5 Å². The monoisotopic (exact) mass is 415 g/mol. The third-order valence-corrected chi connectivity index (χ3v) is 4.52. The second-order valence-electron chi connectivity index (χ2n) is 7.03. The lowest BCUT2D eigenvalue weighted by Gasteiger charge is -2.14. The van der Waals surface area contributed by atoms with Crippen molar-refractivity contribution in [2.45, 2.75) is 6.17 Å². The largest absolute Gasteiger partial charge is 0.496 e. The van der Waals surface area contributed by atoms with Crippen molar-refractivity contribution in [3.63, 3.8) is 0 Å². The van der Waals surface area contributed by atoms with Crippen LogP contribution in [0.3, 0.4) is 0 Å². The molecule has 3 aromatic rings. The molecule has 3 rings (SSSR count). The first kappa shape index (κ1) is 21.4. The Balaban J connectivity index is 1.78. The summed E-state index contributed by atoms with van der Waals surface area (Å²) in [6.07, 6.45) is 0.666. The number of nitrogens with one attached hydrogen (secondary N) is 3. The van der Waals surface area contributed by atoms with Gasteiger partial charge in [0.05, 0.1) is 26.3 Å². The predicted octanol–water partition coefficient (Wildman–Crippen LogP) is 3.27. The van der Waals surface area contributed by atoms with Crippen LogP contribution in [0.1, 0.15) is 0 Å². The number of methoxy groups -OCH3 is 2. The van der Waals surface area contributed by atoms with Crippen LogP contribution in [0.15, 0.2) is 36.5 Å². The number of H-pyrrole nitrogens is 1. The van der Waals surface area contributed by atoms with Crippen molar-refractivity contribution in [3.8, 4) is 22.6 Å². The highest BCUT2D eigenvalue weighted by atomic mass is 19.1. The van der Waals surface area contributed by atoms with E-state index in [4.69, 9.17) is 9.47 Å². The van der Waals surface area contributed by atoms with E-state index in [0.29, 0.717) is 23.0 Å². The van der Waals surface area contributed by atoms with Crippen molar-refractivity contribution in [2.75, 3.05) is 46.7 Å². The summed E-state index contributed by atoms with van der Waals surface area (Å²) in [7, 11) is 6.76. The maximum Gasteiger partial charge on any atom is 0.320 e. The Hall–Kier alpha value is -3.33. The highest BCUT2D eigenvalue weighted by Gasteiger charge is 2.17. The fourth-order valence-corrected chi connectivity index (χ4v) is 3.22. The van der Waals surface area contributed by atoms with Crippen molar-refractivity contribution in [1.29, 1.82) is 0 Å². The van der Waals surface area contributed by atoms with E-state index in [1.807, 2.05) is 30.5 Å². The zero-order valence-electron chi connectivity index (χ0n) is 17.5. The van der Waals surface area contributed by atoms with Crippen molar-refractivity contribution in [3.05, 3.63) is 36.5 Å². The van der Waals surface area contributed by atoms with Gasteiger partial charge in [0.2, 0.25) is 0 Å². The molecule has 1 atom stereocenters. The van der Waals surface area contributed by atoms with E-state index >= 15 is 0 Å². The number of urea groups is 1. The summed E-state index contributed by atoms with van der Waals surface area (Å²) in [5.41, 5.74) is 2.27. The molecule has 0 aliphatic rings. The van der Waals surface area contributed by atoms with Crippen LogP contribution in [0.25, 0.3) is 22.2 Å². The Labute approximate surface area is 174 Å². The number of ether oxygens (including phenoxy) is 2. The SMILES string of the molecule is COc1cccc(OC)c1-c1c[nH]c2nc(NC(=O)NC[C@H](F)CN(C)C)ccc12. The van der Waals surface area contributed by atoms with E-state index in [0.717, 1.165) is 16.5 Å². The maximum atomic E-state index is 13.7. The molecule has 2 amide bonds. The number of halogens is 1. The summed E-state index contributed by atoms with van der Waals surface area (Å²) in [5.74, 6) is 1.70. The molecule has 0 fully saturated rings. The minimum absolute atomic E-state index is 0.0769. The van der Waals surface area contributed by atoms with Gasteiger partial charge in [-0.05, 0) is 38.4 Å². The standard InChI is InChI=1S/C21H26FN5O3/c1-27(2)12-13(22)10-24-21(28)26-18-9-8-14-15(11-23-20(14)25-18)19-16(29-3)6-5-7-17(19)30-4/h5-9,11,13H,10,12H2,1-4H3,(H3,23,24,25,26,28)/t13-/m0/s1. The molecule has 8 nitrogen and oxygen atoms in total. The summed E-state index contributed by atoms with van der Waals surface area (Å²) in [6.45, 7) is 0.161. The molecule has 0 radical (unpaired) electrons. The number of aromatic nitrogens is 2. The van der Waals surface area contributed by atoms with Gasteiger partial charge in [-0.1, -0.05) is 6.07 Å². The quantitative estimate of drug-likeness (QED) is 0.525. The zero-order chi connectivity index (χ0) is 21.7. The molecule has 0 saturated carbocycles. The number of hydrogen-bond donors (Lipinski definition) is 3. The lowest BCUT2D eigenvalue weighted by atomic mass is 10.0. The van der Waals surface area contributed by atoms with Crippen molar-refractivity contribution < 1.29 is 18.7 Å². The molecule has 9 heteroatoms. The van der Waals surface area contributed by atoms with Gasteiger partial charge in [-0.2, -0.15) is 0 Å². The van der Waals surface area contributed by atoms with Gasteiger partial charge in [0.1, 0.15) is 29.1 Å². The van der Waals surface area contributed by atoms with E-state index in [1.165, 1.54) is 0 Å². The van der Waals surface area contributed by atoms with Gasteiger partial charge in [0.25, 0.3) is 0 Å². The normalized spacial score (nSPS) is 12.1. The van der Waals surface area contributed by atoms with Gasteiger partial charge in [-0.25, -0.2) is 14.2 Å². The number of carbonyl (C=O) groups is 1. The molecule has 1 aromatic carbocycles. The molecular formula is C21H26FN5O3. The van der Waals surface area contributed by atoms with Gasteiger partial charge in [-0.15, -0.1) is 0 Å². The number of rotatable bonds is 8. The first-order valence-corrected chi connectivity index (χ1v) is 9.46. The number of nitrogens with zero attached hydrogens (tertiary/aromatic N) is 2. The number of benzene rings is 1. The zero-order valence-corrected chi connectivity index (χ0v) is 17.5. The summed E-state index contributed by atoms with van der Waals surface area (Å²) < 4.78 is 24.7. The number of carbonyl (C=O) groups excluding carboxylic acids is 1. The third-order valence-electron chi connectivity index (χ3n) is 4.52. The van der Waals surface area contributed by atoms with Gasteiger partial charge >= 0.3 is 6.03 Å². The number of amides is 2. The third kappa shape index (κ3) is 4.80. The van der Waals surface area contributed by atoms with Crippen LogP contribution in [0.5, 0.6) is 11.5 Å². The summed E-state index contributed by atoms with van der Waals surface area (Å²) >= 11 is 0. The smallest absolute Gasteiger partial charge is 0.320 e. The molecular weight excluding hydrogens is 389 g/mol. The lowest BCUT2D eigenvalue weighted by Crippen LogP contribution is -2.37. The molecule has 3 N–H and O–H groups in total. The van der Waals surface area contributed by atoms with Gasteiger partial charge in [0.15, 0.2) is 0 Å². The lowest BCUT2D eigenvalue weighted by molar-refractivity contribution is 0.228. The van der Waals surface area contributed by atoms with Gasteiger partial charge < -0.3 is 24.7 Å². The molecule has 0 unspecified atom stereocenters. The molecule has 2 aromatic heterocycles. The molecule has 0 saturated heterocycles. The summed E-state index contributed by atoms with van der Waals surface area (Å²) in [6, 6.07) is 8.60. The van der Waals surface area contributed by atoms with E-state index in [1.54, 1.807) is 39.3 Å². The van der Waals surface area contributed by atoms with Crippen molar-refractivity contribution >= 4 is 22.9 Å². The summed E-state index contributed by atoms with van der Waals surface area (Å²) in [5, 5.41) is 5.98. The van der Waals surface area contributed by atoms with Crippen LogP contribution in [0.4, 0.5) is 15.0 Å². The number of pyridine rings is 1. The highest BCUT2D eigenvalue weighted by Crippen LogP contribution is 2.41. The highest BCUT2D eigenvalue weighted by molar-refractivity contribution is 5.98.